The standard InChI is InChI=1S/C15H18N2/c1-4-17-10-9-13-12-7-5-6-8-14(12)16(3)15(13)11(17)2/h4-8,11H,1,9-10H2,2-3H3. The highest BCUT2D eigenvalue weighted by Crippen LogP contribution is 2.35. The lowest BCUT2D eigenvalue weighted by molar-refractivity contribution is 0.274. The van der Waals surface area contributed by atoms with Crippen LogP contribution in [-0.4, -0.2) is 16.0 Å². The molecule has 2 heteroatoms. The highest BCUT2D eigenvalue weighted by Gasteiger charge is 2.26. The molecule has 0 N–H and O–H groups in total. The second kappa shape index (κ2) is 3.66. The molecule has 1 aromatic heterocycles. The molecule has 2 heterocycles. The smallest absolute Gasteiger partial charge is 0.0663 e. The molecular formula is C15H18N2. The quantitative estimate of drug-likeness (QED) is 0.724. The van der Waals surface area contributed by atoms with Crippen molar-refractivity contribution in [1.29, 1.82) is 0 Å². The molecule has 0 radical (unpaired) electrons. The van der Waals surface area contributed by atoms with Gasteiger partial charge < -0.3 is 9.47 Å². The highest BCUT2D eigenvalue weighted by atomic mass is 15.2. The van der Waals surface area contributed by atoms with Gasteiger partial charge in [0.15, 0.2) is 0 Å². The number of hydrogen-bond acceptors (Lipinski definition) is 1. The molecule has 1 aromatic carbocycles. The second-order valence-electron chi connectivity index (χ2n) is 4.79. The van der Waals surface area contributed by atoms with Crippen molar-refractivity contribution in [1.82, 2.24) is 9.47 Å². The van der Waals surface area contributed by atoms with Crippen LogP contribution >= 0.6 is 0 Å². The molecule has 2 nitrogen and oxygen atoms in total. The molecule has 0 saturated heterocycles. The number of rotatable bonds is 1. The van der Waals surface area contributed by atoms with Crippen LogP contribution in [0.5, 0.6) is 0 Å². The predicted molar refractivity (Wildman–Crippen MR) is 71.9 cm³/mol. The Bertz CT molecular complexity index is 580. The summed E-state index contributed by atoms with van der Waals surface area (Å²) < 4.78 is 2.34. The molecule has 3 rings (SSSR count). The first-order chi connectivity index (χ1) is 8.24. The number of hydrogen-bond donors (Lipinski definition) is 0. The van der Waals surface area contributed by atoms with Gasteiger partial charge in [-0.25, -0.2) is 0 Å². The Labute approximate surface area is 102 Å². The van der Waals surface area contributed by atoms with E-state index < -0.39 is 0 Å². The zero-order chi connectivity index (χ0) is 12.0. The van der Waals surface area contributed by atoms with E-state index in [0.717, 1.165) is 13.0 Å². The molecule has 1 unspecified atom stereocenters. The van der Waals surface area contributed by atoms with Crippen LogP contribution in [-0.2, 0) is 13.5 Å². The maximum atomic E-state index is 3.91. The molecule has 17 heavy (non-hydrogen) atoms. The SMILES string of the molecule is C=CN1CCc2c(n(C)c3ccccc23)C1C. The third-order valence-corrected chi connectivity index (χ3v) is 4.01. The molecule has 0 bridgehead atoms. The Morgan fingerprint density at radius 1 is 1.35 bits per heavy atom. The largest absolute Gasteiger partial charge is 0.369 e. The highest BCUT2D eigenvalue weighted by molar-refractivity contribution is 5.86. The van der Waals surface area contributed by atoms with Crippen LogP contribution in [0.2, 0.25) is 0 Å². The third-order valence-electron chi connectivity index (χ3n) is 4.01. The van der Waals surface area contributed by atoms with E-state index in [2.05, 4.69) is 54.3 Å². The number of benzene rings is 1. The minimum atomic E-state index is 0.425. The summed E-state index contributed by atoms with van der Waals surface area (Å²) in [6.07, 6.45) is 3.08. The van der Waals surface area contributed by atoms with Crippen molar-refractivity contribution >= 4 is 10.9 Å². The molecule has 0 spiro atoms. The Balaban J connectivity index is 2.29. The molecular weight excluding hydrogens is 208 g/mol. The first kappa shape index (κ1) is 10.5. The van der Waals surface area contributed by atoms with Crippen molar-refractivity contribution < 1.29 is 0 Å². The Morgan fingerprint density at radius 3 is 2.88 bits per heavy atom. The van der Waals surface area contributed by atoms with Crippen LogP contribution in [0.4, 0.5) is 0 Å². The summed E-state index contributed by atoms with van der Waals surface area (Å²) in [5.74, 6) is 0. The minimum absolute atomic E-state index is 0.425. The number of nitrogens with zero attached hydrogens (tertiary/aromatic N) is 2. The van der Waals surface area contributed by atoms with Gasteiger partial charge in [0, 0.05) is 30.2 Å². The van der Waals surface area contributed by atoms with Gasteiger partial charge in [0.2, 0.25) is 0 Å². The minimum Gasteiger partial charge on any atom is -0.369 e. The zero-order valence-corrected chi connectivity index (χ0v) is 10.5. The Hall–Kier alpha value is -1.70. The van der Waals surface area contributed by atoms with Crippen molar-refractivity contribution in [2.75, 3.05) is 6.54 Å². The van der Waals surface area contributed by atoms with Gasteiger partial charge in [0.1, 0.15) is 0 Å². The van der Waals surface area contributed by atoms with E-state index >= 15 is 0 Å². The van der Waals surface area contributed by atoms with Crippen LogP contribution in [0.3, 0.4) is 0 Å². The predicted octanol–water partition coefficient (Wildman–Crippen LogP) is 3.24. The number of fused-ring (bicyclic) bond motifs is 3. The number of aryl methyl sites for hydroxylation is 1. The van der Waals surface area contributed by atoms with E-state index in [1.807, 2.05) is 6.20 Å². The topological polar surface area (TPSA) is 8.17 Å². The average molecular weight is 226 g/mol. The molecule has 0 fully saturated rings. The van der Waals surface area contributed by atoms with Gasteiger partial charge in [0.25, 0.3) is 0 Å². The van der Waals surface area contributed by atoms with Crippen molar-refractivity contribution in [3.05, 3.63) is 48.3 Å². The fourth-order valence-electron chi connectivity index (χ4n) is 3.13. The van der Waals surface area contributed by atoms with E-state index in [-0.39, 0.29) is 0 Å². The van der Waals surface area contributed by atoms with Crippen LogP contribution in [0.1, 0.15) is 24.2 Å². The van der Waals surface area contributed by atoms with Crippen molar-refractivity contribution in [3.8, 4) is 0 Å². The summed E-state index contributed by atoms with van der Waals surface area (Å²) in [6, 6.07) is 9.12. The fourth-order valence-corrected chi connectivity index (χ4v) is 3.13. The number of para-hydroxylation sites is 1. The molecule has 1 atom stereocenters. The van der Waals surface area contributed by atoms with E-state index in [1.54, 1.807) is 0 Å². The Morgan fingerprint density at radius 2 is 2.12 bits per heavy atom. The van der Waals surface area contributed by atoms with Crippen LogP contribution < -0.4 is 0 Å². The second-order valence-corrected chi connectivity index (χ2v) is 4.79. The molecule has 88 valence electrons. The van der Waals surface area contributed by atoms with E-state index in [1.165, 1.54) is 22.2 Å². The van der Waals surface area contributed by atoms with E-state index in [0.29, 0.717) is 6.04 Å². The lowest BCUT2D eigenvalue weighted by Crippen LogP contribution is -2.30. The summed E-state index contributed by atoms with van der Waals surface area (Å²) in [7, 11) is 2.17. The first-order valence-electron chi connectivity index (χ1n) is 6.18. The molecule has 2 aromatic rings. The van der Waals surface area contributed by atoms with Crippen molar-refractivity contribution in [2.45, 2.75) is 19.4 Å². The summed E-state index contributed by atoms with van der Waals surface area (Å²) in [6.45, 7) is 7.25. The molecule has 0 aliphatic carbocycles. The summed E-state index contributed by atoms with van der Waals surface area (Å²) in [5, 5.41) is 1.42. The molecule has 1 aliphatic heterocycles. The summed E-state index contributed by atoms with van der Waals surface area (Å²) in [4.78, 5) is 2.32. The van der Waals surface area contributed by atoms with Crippen LogP contribution in [0.15, 0.2) is 37.0 Å². The lowest BCUT2D eigenvalue weighted by atomic mass is 9.99. The molecule has 1 aliphatic rings. The van der Waals surface area contributed by atoms with Crippen LogP contribution in [0.25, 0.3) is 10.9 Å². The van der Waals surface area contributed by atoms with Gasteiger partial charge in [-0.05, 0) is 31.2 Å². The fraction of sp³-hybridized carbons (Fsp3) is 0.333. The summed E-state index contributed by atoms with van der Waals surface area (Å²) >= 11 is 0. The Kier molecular flexibility index (Phi) is 2.25. The average Bonchev–Trinajstić information content (AvgIpc) is 2.65. The maximum absolute atomic E-state index is 3.91. The molecule has 0 amide bonds. The van der Waals surface area contributed by atoms with Crippen molar-refractivity contribution in [3.63, 3.8) is 0 Å². The monoisotopic (exact) mass is 226 g/mol. The maximum Gasteiger partial charge on any atom is 0.0663 e. The van der Waals surface area contributed by atoms with Gasteiger partial charge in [-0.2, -0.15) is 0 Å². The normalized spacial score (nSPS) is 19.4. The third kappa shape index (κ3) is 1.33. The first-order valence-corrected chi connectivity index (χ1v) is 6.18. The molecule has 0 saturated carbocycles. The van der Waals surface area contributed by atoms with Gasteiger partial charge >= 0.3 is 0 Å². The van der Waals surface area contributed by atoms with Gasteiger partial charge in [0.05, 0.1) is 6.04 Å². The van der Waals surface area contributed by atoms with Gasteiger partial charge in [-0.15, -0.1) is 0 Å². The van der Waals surface area contributed by atoms with E-state index in [9.17, 15) is 0 Å². The van der Waals surface area contributed by atoms with Crippen molar-refractivity contribution in [2.24, 2.45) is 7.05 Å². The summed E-state index contributed by atoms with van der Waals surface area (Å²) in [5.41, 5.74) is 4.31. The van der Waals surface area contributed by atoms with Crippen LogP contribution in [0, 0.1) is 0 Å². The lowest BCUT2D eigenvalue weighted by Gasteiger charge is -2.33. The van der Waals surface area contributed by atoms with Gasteiger partial charge in [-0.3, -0.25) is 0 Å². The number of aromatic nitrogens is 1. The van der Waals surface area contributed by atoms with E-state index in [4.69, 9.17) is 0 Å². The van der Waals surface area contributed by atoms with Gasteiger partial charge in [-0.1, -0.05) is 24.8 Å². The zero-order valence-electron chi connectivity index (χ0n) is 10.5.